The van der Waals surface area contributed by atoms with Gasteiger partial charge in [0.05, 0.1) is 12.5 Å². The zero-order valence-electron chi connectivity index (χ0n) is 14.8. The lowest BCUT2D eigenvalue weighted by atomic mass is 10.1. The fourth-order valence-corrected chi connectivity index (χ4v) is 2.61. The molecule has 26 heavy (non-hydrogen) atoms. The first-order valence-corrected chi connectivity index (χ1v) is 8.48. The maximum Gasteiger partial charge on any atom is 0.433 e. The summed E-state index contributed by atoms with van der Waals surface area (Å²) in [4.78, 5) is 23.2. The molecule has 0 bridgehead atoms. The number of hydrogen-bond acceptors (Lipinski definition) is 6. The van der Waals surface area contributed by atoms with Crippen LogP contribution in [0.2, 0.25) is 0 Å². The van der Waals surface area contributed by atoms with Gasteiger partial charge in [-0.2, -0.15) is 13.2 Å². The number of anilines is 1. The zero-order chi connectivity index (χ0) is 19.5. The minimum Gasteiger partial charge on any atom is -0.391 e. The summed E-state index contributed by atoms with van der Waals surface area (Å²) in [6.45, 7) is 4.84. The van der Waals surface area contributed by atoms with Gasteiger partial charge in [0.25, 0.3) is 0 Å². The minimum absolute atomic E-state index is 0.00174. The van der Waals surface area contributed by atoms with Crippen LogP contribution in [0.5, 0.6) is 0 Å². The van der Waals surface area contributed by atoms with Crippen LogP contribution in [0.25, 0.3) is 0 Å². The Morgan fingerprint density at radius 2 is 1.88 bits per heavy atom. The number of hydrogen-bond donors (Lipinski definition) is 2. The number of alkyl halides is 3. The lowest BCUT2D eigenvalue weighted by molar-refractivity contribution is -0.141. The average molecular weight is 375 g/mol. The topological polar surface area (TPSA) is 95.6 Å². The van der Waals surface area contributed by atoms with E-state index in [0.717, 1.165) is 6.07 Å². The van der Waals surface area contributed by atoms with Crippen molar-refractivity contribution in [1.82, 2.24) is 14.9 Å². The normalized spacial score (nSPS) is 16.9. The highest BCUT2D eigenvalue weighted by Gasteiger charge is 2.35. The Balaban J connectivity index is 2.11. The molecular formula is C16H24F3N5O2. The second-order valence-corrected chi connectivity index (χ2v) is 6.59. The Bertz CT molecular complexity index is 631. The molecular weight excluding hydrogens is 351 g/mol. The van der Waals surface area contributed by atoms with E-state index in [9.17, 15) is 23.1 Å². The molecule has 2 heterocycles. The molecule has 1 aliphatic rings. The van der Waals surface area contributed by atoms with Gasteiger partial charge in [0.1, 0.15) is 5.69 Å². The molecule has 0 aromatic carbocycles. The van der Waals surface area contributed by atoms with Crippen molar-refractivity contribution in [2.45, 2.75) is 38.5 Å². The van der Waals surface area contributed by atoms with Crippen molar-refractivity contribution < 1.29 is 23.1 Å². The molecule has 1 amide bonds. The van der Waals surface area contributed by atoms with Crippen LogP contribution in [-0.2, 0) is 11.0 Å². The summed E-state index contributed by atoms with van der Waals surface area (Å²) < 4.78 is 39.3. The second kappa shape index (κ2) is 8.17. The number of aromatic nitrogens is 2. The molecule has 1 saturated heterocycles. The van der Waals surface area contributed by atoms with Crippen molar-refractivity contribution in [2.24, 2.45) is 5.73 Å². The standard InChI is InChI=1S/C16H24F3N5O2/c1-10(2)12-8-13(16(17,18)19)22-15(21-12)24-5-3-23(4-6-24)14(26)7-11(25)9-20/h8,10-11,25H,3-7,9,20H2,1-2H3/t11-/m1/s1. The Hall–Kier alpha value is -1.94. The van der Waals surface area contributed by atoms with Gasteiger partial charge in [-0.05, 0) is 12.0 Å². The van der Waals surface area contributed by atoms with Gasteiger partial charge in [0, 0.05) is 38.4 Å². The summed E-state index contributed by atoms with van der Waals surface area (Å²) in [6.07, 6.45) is -5.49. The molecule has 10 heteroatoms. The molecule has 3 N–H and O–H groups in total. The fraction of sp³-hybridized carbons (Fsp3) is 0.688. The van der Waals surface area contributed by atoms with E-state index < -0.39 is 18.0 Å². The lowest BCUT2D eigenvalue weighted by Crippen LogP contribution is -2.50. The summed E-state index contributed by atoms with van der Waals surface area (Å²) in [6, 6.07) is 0.974. The van der Waals surface area contributed by atoms with Crippen LogP contribution in [-0.4, -0.2) is 64.7 Å². The molecule has 1 aromatic rings. The van der Waals surface area contributed by atoms with Gasteiger partial charge >= 0.3 is 6.18 Å². The van der Waals surface area contributed by atoms with Crippen molar-refractivity contribution >= 4 is 11.9 Å². The van der Waals surface area contributed by atoms with E-state index in [1.54, 1.807) is 23.6 Å². The Labute approximate surface area is 150 Å². The summed E-state index contributed by atoms with van der Waals surface area (Å²) in [7, 11) is 0. The molecule has 0 unspecified atom stereocenters. The number of nitrogens with zero attached hydrogens (tertiary/aromatic N) is 4. The SMILES string of the molecule is CC(C)c1cc(C(F)(F)F)nc(N2CCN(C(=O)C[C@@H](O)CN)CC2)n1. The van der Waals surface area contributed by atoms with Gasteiger partial charge < -0.3 is 20.6 Å². The Morgan fingerprint density at radius 3 is 2.38 bits per heavy atom. The van der Waals surface area contributed by atoms with E-state index in [4.69, 9.17) is 5.73 Å². The van der Waals surface area contributed by atoms with Crippen molar-refractivity contribution in [1.29, 1.82) is 0 Å². The van der Waals surface area contributed by atoms with E-state index in [-0.39, 0.29) is 30.7 Å². The number of aliphatic hydroxyl groups excluding tert-OH is 1. The van der Waals surface area contributed by atoms with Crippen LogP contribution in [0, 0.1) is 0 Å². The maximum absolute atomic E-state index is 13.1. The third kappa shape index (κ3) is 5.04. The van der Waals surface area contributed by atoms with Gasteiger partial charge in [0.2, 0.25) is 11.9 Å². The quantitative estimate of drug-likeness (QED) is 0.797. The molecule has 1 aromatic heterocycles. The van der Waals surface area contributed by atoms with E-state index in [0.29, 0.717) is 31.9 Å². The zero-order valence-corrected chi connectivity index (χ0v) is 14.8. The van der Waals surface area contributed by atoms with Crippen LogP contribution < -0.4 is 10.6 Å². The molecule has 1 fully saturated rings. The van der Waals surface area contributed by atoms with Crippen LogP contribution in [0.4, 0.5) is 19.1 Å². The largest absolute Gasteiger partial charge is 0.433 e. The molecule has 1 aliphatic heterocycles. The first-order valence-electron chi connectivity index (χ1n) is 8.48. The van der Waals surface area contributed by atoms with E-state index in [1.807, 2.05) is 0 Å². The Kier molecular flexibility index (Phi) is 6.40. The molecule has 2 rings (SSSR count). The number of amides is 1. The number of rotatable bonds is 5. The number of nitrogens with two attached hydrogens (primary N) is 1. The summed E-state index contributed by atoms with van der Waals surface area (Å²) in [5, 5.41) is 9.47. The smallest absolute Gasteiger partial charge is 0.391 e. The third-order valence-electron chi connectivity index (χ3n) is 4.21. The summed E-state index contributed by atoms with van der Waals surface area (Å²) in [5.74, 6) is -0.369. The average Bonchev–Trinajstić information content (AvgIpc) is 2.60. The van der Waals surface area contributed by atoms with Crippen LogP contribution >= 0.6 is 0 Å². The predicted octanol–water partition coefficient (Wildman–Crippen LogP) is 0.977. The highest BCUT2D eigenvalue weighted by atomic mass is 19.4. The molecule has 0 saturated carbocycles. The number of carbonyl (C=O) groups is 1. The number of halogens is 3. The molecule has 0 aliphatic carbocycles. The van der Waals surface area contributed by atoms with Crippen molar-refractivity contribution in [3.8, 4) is 0 Å². The molecule has 146 valence electrons. The number of aliphatic hydroxyl groups is 1. The second-order valence-electron chi connectivity index (χ2n) is 6.59. The van der Waals surface area contributed by atoms with E-state index >= 15 is 0 Å². The van der Waals surface area contributed by atoms with Crippen LogP contribution in [0.15, 0.2) is 6.07 Å². The highest BCUT2D eigenvalue weighted by molar-refractivity contribution is 5.77. The molecule has 0 spiro atoms. The van der Waals surface area contributed by atoms with Crippen molar-refractivity contribution in [3.05, 3.63) is 17.5 Å². The van der Waals surface area contributed by atoms with Gasteiger partial charge in [0.15, 0.2) is 0 Å². The fourth-order valence-electron chi connectivity index (χ4n) is 2.61. The monoisotopic (exact) mass is 375 g/mol. The lowest BCUT2D eigenvalue weighted by Gasteiger charge is -2.35. The van der Waals surface area contributed by atoms with Gasteiger partial charge in [-0.15, -0.1) is 0 Å². The highest BCUT2D eigenvalue weighted by Crippen LogP contribution is 2.30. The van der Waals surface area contributed by atoms with Crippen molar-refractivity contribution in [2.75, 3.05) is 37.6 Å². The number of carbonyl (C=O) groups excluding carboxylic acids is 1. The molecule has 1 atom stereocenters. The van der Waals surface area contributed by atoms with Gasteiger partial charge in [-0.25, -0.2) is 9.97 Å². The summed E-state index contributed by atoms with van der Waals surface area (Å²) in [5.41, 5.74) is 4.66. The maximum atomic E-state index is 13.1. The number of piperazine rings is 1. The van der Waals surface area contributed by atoms with Crippen molar-refractivity contribution in [3.63, 3.8) is 0 Å². The first-order chi connectivity index (χ1) is 12.1. The minimum atomic E-state index is -4.54. The van der Waals surface area contributed by atoms with E-state index in [2.05, 4.69) is 9.97 Å². The van der Waals surface area contributed by atoms with Gasteiger partial charge in [-0.1, -0.05) is 13.8 Å². The summed E-state index contributed by atoms with van der Waals surface area (Å²) >= 11 is 0. The van der Waals surface area contributed by atoms with Gasteiger partial charge in [-0.3, -0.25) is 4.79 Å². The van der Waals surface area contributed by atoms with Crippen LogP contribution in [0.1, 0.15) is 37.6 Å². The molecule has 7 nitrogen and oxygen atoms in total. The first kappa shape index (κ1) is 20.4. The third-order valence-corrected chi connectivity index (χ3v) is 4.21. The van der Waals surface area contributed by atoms with E-state index in [1.165, 1.54) is 0 Å². The molecule has 0 radical (unpaired) electrons. The predicted molar refractivity (Wildman–Crippen MR) is 89.6 cm³/mol. The van der Waals surface area contributed by atoms with Crippen LogP contribution in [0.3, 0.4) is 0 Å². The Morgan fingerprint density at radius 1 is 1.27 bits per heavy atom.